The molecule has 3 N–H and O–H groups in total. The largest absolute Gasteiger partial charge is 0.439 e. The molecule has 1 aromatic heterocycles. The van der Waals surface area contributed by atoms with Crippen LogP contribution >= 0.6 is 0 Å². The average molecular weight is 456 g/mol. The van der Waals surface area contributed by atoms with E-state index in [1.807, 2.05) is 54.6 Å². The summed E-state index contributed by atoms with van der Waals surface area (Å²) in [6.45, 7) is -0.316. The van der Waals surface area contributed by atoms with Crippen molar-refractivity contribution >= 4 is 17.4 Å². The summed E-state index contributed by atoms with van der Waals surface area (Å²) in [7, 11) is 0. The fraction of sp³-hybridized carbons (Fsp3) is 0.0385. The van der Waals surface area contributed by atoms with Gasteiger partial charge >= 0.3 is 0 Å². The summed E-state index contributed by atoms with van der Waals surface area (Å²) >= 11 is 0. The number of benzene rings is 3. The van der Waals surface area contributed by atoms with E-state index in [0.29, 0.717) is 22.9 Å². The zero-order valence-corrected chi connectivity index (χ0v) is 18.0. The standard InChI is InChI=1S/C26H21FN4O3/c27-20-11-13-21(14-12-20)34-25-15-10-19(16-29-25)26(28)31-33-17-24(32)30-23-9-5-4-8-22(23)18-6-2-1-3-7-18/h1-16H,17H2,(H2,28,31)(H,30,32). The van der Waals surface area contributed by atoms with E-state index in [1.165, 1.54) is 30.5 Å². The predicted octanol–water partition coefficient (Wildman–Crippen LogP) is 4.96. The Bertz CT molecular complexity index is 1280. The number of nitrogens with zero attached hydrogens (tertiary/aromatic N) is 2. The number of ether oxygens (including phenoxy) is 1. The Morgan fingerprint density at radius 1 is 0.941 bits per heavy atom. The Balaban J connectivity index is 1.32. The minimum absolute atomic E-state index is 0.0540. The van der Waals surface area contributed by atoms with Gasteiger partial charge in [-0.05, 0) is 42.0 Å². The molecule has 170 valence electrons. The Morgan fingerprint density at radius 2 is 1.68 bits per heavy atom. The number of nitrogens with one attached hydrogen (secondary N) is 1. The first-order valence-corrected chi connectivity index (χ1v) is 10.4. The van der Waals surface area contributed by atoms with Crippen LogP contribution in [0.5, 0.6) is 11.6 Å². The summed E-state index contributed by atoms with van der Waals surface area (Å²) in [5.74, 6) is 0.0835. The van der Waals surface area contributed by atoms with Gasteiger partial charge in [0.15, 0.2) is 12.4 Å². The van der Waals surface area contributed by atoms with Gasteiger partial charge in [-0.2, -0.15) is 0 Å². The summed E-state index contributed by atoms with van der Waals surface area (Å²) < 4.78 is 18.5. The molecule has 0 atom stereocenters. The lowest BCUT2D eigenvalue weighted by Gasteiger charge is -2.11. The second-order valence-electron chi connectivity index (χ2n) is 7.15. The summed E-state index contributed by atoms with van der Waals surface area (Å²) in [6, 6.07) is 26.1. The van der Waals surface area contributed by atoms with Crippen LogP contribution in [0.4, 0.5) is 10.1 Å². The SMILES string of the molecule is N/C(=N\OCC(=O)Nc1ccccc1-c1ccccc1)c1ccc(Oc2ccc(F)cc2)nc1. The number of carbonyl (C=O) groups is 1. The van der Waals surface area contributed by atoms with E-state index in [-0.39, 0.29) is 24.2 Å². The minimum Gasteiger partial charge on any atom is -0.439 e. The summed E-state index contributed by atoms with van der Waals surface area (Å²) in [5, 5.41) is 6.62. The molecule has 4 aromatic rings. The highest BCUT2D eigenvalue weighted by Crippen LogP contribution is 2.27. The maximum atomic E-state index is 13.0. The van der Waals surface area contributed by atoms with Crippen molar-refractivity contribution in [2.75, 3.05) is 11.9 Å². The highest BCUT2D eigenvalue weighted by atomic mass is 19.1. The van der Waals surface area contributed by atoms with Crippen molar-refractivity contribution in [2.24, 2.45) is 10.9 Å². The lowest BCUT2D eigenvalue weighted by Crippen LogP contribution is -2.19. The Kier molecular flexibility index (Phi) is 7.09. The summed E-state index contributed by atoms with van der Waals surface area (Å²) in [4.78, 5) is 21.6. The van der Waals surface area contributed by atoms with E-state index in [9.17, 15) is 9.18 Å². The van der Waals surface area contributed by atoms with Crippen molar-refractivity contribution in [2.45, 2.75) is 0 Å². The van der Waals surface area contributed by atoms with Gasteiger partial charge in [0.1, 0.15) is 11.6 Å². The third-order valence-electron chi connectivity index (χ3n) is 4.71. The van der Waals surface area contributed by atoms with Crippen molar-refractivity contribution in [3.63, 3.8) is 0 Å². The lowest BCUT2D eigenvalue weighted by molar-refractivity contribution is -0.120. The highest BCUT2D eigenvalue weighted by molar-refractivity contribution is 5.97. The molecule has 0 fully saturated rings. The van der Waals surface area contributed by atoms with E-state index in [1.54, 1.807) is 12.1 Å². The number of amidine groups is 1. The molecule has 7 nitrogen and oxygen atoms in total. The van der Waals surface area contributed by atoms with Crippen LogP contribution in [0.1, 0.15) is 5.56 Å². The quantitative estimate of drug-likeness (QED) is 0.222. The monoisotopic (exact) mass is 456 g/mol. The molecule has 0 radical (unpaired) electrons. The summed E-state index contributed by atoms with van der Waals surface area (Å²) in [6.07, 6.45) is 1.46. The molecule has 0 spiro atoms. The predicted molar refractivity (Wildman–Crippen MR) is 128 cm³/mol. The van der Waals surface area contributed by atoms with Crippen LogP contribution < -0.4 is 15.8 Å². The number of rotatable bonds is 8. The molecule has 0 bridgehead atoms. The second kappa shape index (κ2) is 10.7. The van der Waals surface area contributed by atoms with Crippen LogP contribution in [0, 0.1) is 5.82 Å². The van der Waals surface area contributed by atoms with Gasteiger partial charge in [-0.1, -0.05) is 53.7 Å². The number of aromatic nitrogens is 1. The maximum Gasteiger partial charge on any atom is 0.265 e. The number of anilines is 1. The molecule has 3 aromatic carbocycles. The van der Waals surface area contributed by atoms with Crippen molar-refractivity contribution in [3.05, 3.63) is 109 Å². The van der Waals surface area contributed by atoms with E-state index in [2.05, 4.69) is 15.5 Å². The number of oxime groups is 1. The topological polar surface area (TPSA) is 98.8 Å². The van der Waals surface area contributed by atoms with E-state index >= 15 is 0 Å². The Labute approximate surface area is 195 Å². The van der Waals surface area contributed by atoms with E-state index in [0.717, 1.165) is 11.1 Å². The molecule has 34 heavy (non-hydrogen) atoms. The number of hydrogen-bond acceptors (Lipinski definition) is 5. The van der Waals surface area contributed by atoms with Gasteiger partial charge in [-0.3, -0.25) is 4.79 Å². The first-order valence-electron chi connectivity index (χ1n) is 10.4. The zero-order chi connectivity index (χ0) is 23.8. The third-order valence-corrected chi connectivity index (χ3v) is 4.71. The maximum absolute atomic E-state index is 13.0. The van der Waals surface area contributed by atoms with Crippen LogP contribution in [0.2, 0.25) is 0 Å². The first-order chi connectivity index (χ1) is 16.6. The molecule has 0 aliphatic rings. The first kappa shape index (κ1) is 22.5. The van der Waals surface area contributed by atoms with Gasteiger partial charge in [0, 0.05) is 29.1 Å². The number of halogens is 1. The molecular weight excluding hydrogens is 435 g/mol. The smallest absolute Gasteiger partial charge is 0.265 e. The fourth-order valence-electron chi connectivity index (χ4n) is 3.08. The number of hydrogen-bond donors (Lipinski definition) is 2. The van der Waals surface area contributed by atoms with Crippen molar-refractivity contribution in [3.8, 4) is 22.8 Å². The molecule has 1 heterocycles. The molecule has 0 aliphatic carbocycles. The van der Waals surface area contributed by atoms with Gasteiger partial charge in [0.25, 0.3) is 5.91 Å². The zero-order valence-electron chi connectivity index (χ0n) is 18.0. The van der Waals surface area contributed by atoms with Crippen LogP contribution in [0.3, 0.4) is 0 Å². The van der Waals surface area contributed by atoms with Gasteiger partial charge in [-0.25, -0.2) is 9.37 Å². The number of pyridine rings is 1. The number of amides is 1. The average Bonchev–Trinajstić information content (AvgIpc) is 2.87. The van der Waals surface area contributed by atoms with Gasteiger partial charge in [-0.15, -0.1) is 0 Å². The lowest BCUT2D eigenvalue weighted by atomic mass is 10.0. The van der Waals surface area contributed by atoms with Gasteiger partial charge in [0.05, 0.1) is 0 Å². The van der Waals surface area contributed by atoms with Crippen LogP contribution in [0.25, 0.3) is 11.1 Å². The second-order valence-corrected chi connectivity index (χ2v) is 7.15. The molecule has 8 heteroatoms. The molecule has 0 saturated carbocycles. The molecule has 0 unspecified atom stereocenters. The molecule has 1 amide bonds. The van der Waals surface area contributed by atoms with Crippen molar-refractivity contribution in [1.29, 1.82) is 0 Å². The molecular formula is C26H21FN4O3. The highest BCUT2D eigenvalue weighted by Gasteiger charge is 2.09. The third kappa shape index (κ3) is 5.95. The van der Waals surface area contributed by atoms with Crippen LogP contribution in [0.15, 0.2) is 102 Å². The van der Waals surface area contributed by atoms with Gasteiger partial charge in [0.2, 0.25) is 5.88 Å². The number of para-hydroxylation sites is 1. The Hall–Kier alpha value is -4.72. The fourth-order valence-corrected chi connectivity index (χ4v) is 3.08. The number of carbonyl (C=O) groups excluding carboxylic acids is 1. The van der Waals surface area contributed by atoms with E-state index < -0.39 is 0 Å². The molecule has 4 rings (SSSR count). The normalized spacial score (nSPS) is 11.0. The van der Waals surface area contributed by atoms with Crippen molar-refractivity contribution < 1.29 is 18.8 Å². The molecule has 0 aliphatic heterocycles. The molecule has 0 saturated heterocycles. The van der Waals surface area contributed by atoms with Crippen LogP contribution in [-0.4, -0.2) is 23.3 Å². The van der Waals surface area contributed by atoms with E-state index in [4.69, 9.17) is 15.3 Å². The van der Waals surface area contributed by atoms with Crippen molar-refractivity contribution in [1.82, 2.24) is 4.98 Å². The number of nitrogens with two attached hydrogens (primary N) is 1. The van der Waals surface area contributed by atoms with Crippen LogP contribution in [-0.2, 0) is 9.63 Å². The van der Waals surface area contributed by atoms with Gasteiger partial charge < -0.3 is 20.6 Å². The summed E-state index contributed by atoms with van der Waals surface area (Å²) in [5.41, 5.74) is 8.96. The Morgan fingerprint density at radius 3 is 2.41 bits per heavy atom. The minimum atomic E-state index is -0.374.